The molecule has 0 aromatic heterocycles. The maximum Gasteiger partial charge on any atom is -0.0533 e. The van der Waals surface area contributed by atoms with Gasteiger partial charge in [0.1, 0.15) is 0 Å². The van der Waals surface area contributed by atoms with Crippen LogP contribution in [0.25, 0.3) is 0 Å². The Hall–Kier alpha value is -0.0800. The van der Waals surface area contributed by atoms with Crippen molar-refractivity contribution in [2.75, 3.05) is 0 Å². The molecule has 2 N–H and O–H groups in total. The highest BCUT2D eigenvalue weighted by Gasteiger charge is 1.95. The fourth-order valence-electron chi connectivity index (χ4n) is 0.250. The van der Waals surface area contributed by atoms with Crippen LogP contribution in [0.1, 0.15) is 25.7 Å². The lowest BCUT2D eigenvalue weighted by Crippen LogP contribution is -1.85. The molecule has 0 saturated heterocycles. The second-order valence-electron chi connectivity index (χ2n) is 1.41. The van der Waals surface area contributed by atoms with Crippen molar-refractivity contribution < 1.29 is 10.5 Å². The Bertz CT molecular complexity index is 13.5. The van der Waals surface area contributed by atoms with E-state index in [1.54, 1.807) is 0 Å². The van der Waals surface area contributed by atoms with E-state index in [-0.39, 0.29) is 0 Å². The van der Waals surface area contributed by atoms with E-state index in [2.05, 4.69) is 0 Å². The fourth-order valence-corrected chi connectivity index (χ4v) is 0.250. The molecule has 0 radical (unpaired) electrons. The van der Waals surface area contributed by atoms with Crippen molar-refractivity contribution in [2.24, 2.45) is 0 Å². The minimum Gasteiger partial charge on any atom is -0.255 e. The smallest absolute Gasteiger partial charge is 0.0533 e. The van der Waals surface area contributed by atoms with E-state index in [0.717, 1.165) is 0 Å². The Balaban J connectivity index is 0.000000112. The maximum atomic E-state index is 6.00. The third-order valence-electron chi connectivity index (χ3n) is 1.000. The molecule has 0 aromatic carbocycles. The van der Waals surface area contributed by atoms with Gasteiger partial charge in [-0.05, 0) is 0 Å². The van der Waals surface area contributed by atoms with Crippen LogP contribution in [0.4, 0.5) is 0 Å². The highest BCUT2D eigenvalue weighted by Crippen LogP contribution is 2.15. The van der Waals surface area contributed by atoms with Crippen LogP contribution in [-0.4, -0.2) is 10.5 Å². The van der Waals surface area contributed by atoms with Crippen LogP contribution in [-0.2, 0) is 0 Å². The third-order valence-corrected chi connectivity index (χ3v) is 1.000. The van der Waals surface area contributed by atoms with Gasteiger partial charge in [-0.1, -0.05) is 25.7 Å². The molecular formula is C4H10O2. The summed E-state index contributed by atoms with van der Waals surface area (Å²) in [4.78, 5) is 0. The van der Waals surface area contributed by atoms with Gasteiger partial charge in [0, 0.05) is 0 Å². The van der Waals surface area contributed by atoms with Gasteiger partial charge in [0.05, 0.1) is 0 Å². The van der Waals surface area contributed by atoms with Gasteiger partial charge in [0.2, 0.25) is 0 Å². The van der Waals surface area contributed by atoms with Gasteiger partial charge in [0.25, 0.3) is 0 Å². The van der Waals surface area contributed by atoms with Crippen LogP contribution < -0.4 is 0 Å². The first-order valence-electron chi connectivity index (χ1n) is 2.20. The molecule has 1 aliphatic carbocycles. The molecule has 1 saturated carbocycles. The average Bonchev–Trinajstić information content (AvgIpc) is 1.36. The van der Waals surface area contributed by atoms with Crippen LogP contribution in [0, 0.1) is 0 Å². The summed E-state index contributed by atoms with van der Waals surface area (Å²) in [6.07, 6.45) is 6.00. The first-order chi connectivity index (χ1) is 3.00. The van der Waals surface area contributed by atoms with Crippen molar-refractivity contribution in [3.63, 3.8) is 0 Å². The van der Waals surface area contributed by atoms with Gasteiger partial charge in [-0.25, -0.2) is 0 Å². The van der Waals surface area contributed by atoms with Crippen molar-refractivity contribution >= 4 is 0 Å². The topological polar surface area (TPSA) is 40.5 Å². The van der Waals surface area contributed by atoms with E-state index < -0.39 is 0 Å². The van der Waals surface area contributed by atoms with Crippen molar-refractivity contribution in [2.45, 2.75) is 25.7 Å². The Morgan fingerprint density at radius 3 is 0.833 bits per heavy atom. The minimum absolute atomic E-state index is 1.50. The zero-order chi connectivity index (χ0) is 4.83. The Kier molecular flexibility index (Phi) is 4.85. The Labute approximate surface area is 37.4 Å². The summed E-state index contributed by atoms with van der Waals surface area (Å²) in [6, 6.07) is 0. The van der Waals surface area contributed by atoms with E-state index in [4.69, 9.17) is 10.5 Å². The van der Waals surface area contributed by atoms with Gasteiger partial charge in [-0.3, -0.25) is 10.5 Å². The lowest BCUT2D eigenvalue weighted by atomic mass is 10.0. The van der Waals surface area contributed by atoms with Gasteiger partial charge in [-0.15, -0.1) is 0 Å². The summed E-state index contributed by atoms with van der Waals surface area (Å²) < 4.78 is 0. The Morgan fingerprint density at radius 2 is 0.833 bits per heavy atom. The van der Waals surface area contributed by atoms with Crippen molar-refractivity contribution in [3.8, 4) is 0 Å². The van der Waals surface area contributed by atoms with Gasteiger partial charge < -0.3 is 0 Å². The predicted molar refractivity (Wildman–Crippen MR) is 23.7 cm³/mol. The summed E-state index contributed by atoms with van der Waals surface area (Å²) in [5, 5.41) is 12.0. The van der Waals surface area contributed by atoms with Crippen LogP contribution in [0.5, 0.6) is 0 Å². The van der Waals surface area contributed by atoms with Crippen molar-refractivity contribution in [1.29, 1.82) is 0 Å². The first-order valence-corrected chi connectivity index (χ1v) is 2.20. The molecule has 2 nitrogen and oxygen atoms in total. The standard InChI is InChI=1S/C4H8.H2O2/c1-2-4-3-1;1-2/h1-4H2;1-2H. The van der Waals surface area contributed by atoms with E-state index in [9.17, 15) is 0 Å². The van der Waals surface area contributed by atoms with Gasteiger partial charge in [-0.2, -0.15) is 0 Å². The third kappa shape index (κ3) is 2.18. The summed E-state index contributed by atoms with van der Waals surface area (Å²) in [5.41, 5.74) is 0. The van der Waals surface area contributed by atoms with Gasteiger partial charge in [0.15, 0.2) is 0 Å². The summed E-state index contributed by atoms with van der Waals surface area (Å²) in [5.74, 6) is 0. The maximum absolute atomic E-state index is 6.00. The van der Waals surface area contributed by atoms with Gasteiger partial charge >= 0.3 is 0 Å². The van der Waals surface area contributed by atoms with Crippen LogP contribution in [0.2, 0.25) is 0 Å². The monoisotopic (exact) mass is 90.1 g/mol. The van der Waals surface area contributed by atoms with E-state index >= 15 is 0 Å². The molecule has 0 aliphatic heterocycles. The zero-order valence-electron chi connectivity index (χ0n) is 3.72. The second kappa shape index (κ2) is 4.92. The molecule has 1 rings (SSSR count). The quantitative estimate of drug-likeness (QED) is 0.350. The summed E-state index contributed by atoms with van der Waals surface area (Å²) in [7, 11) is 0. The molecule has 0 amide bonds. The predicted octanol–water partition coefficient (Wildman–Crippen LogP) is 1.58. The highest BCUT2D eigenvalue weighted by atomic mass is 17.0. The molecule has 1 fully saturated rings. The normalized spacial score (nSPS) is 17.0. The van der Waals surface area contributed by atoms with Crippen LogP contribution in [0.15, 0.2) is 0 Å². The van der Waals surface area contributed by atoms with E-state index in [1.807, 2.05) is 0 Å². The van der Waals surface area contributed by atoms with Crippen molar-refractivity contribution in [1.82, 2.24) is 0 Å². The second-order valence-corrected chi connectivity index (χ2v) is 1.41. The zero-order valence-corrected chi connectivity index (χ0v) is 3.72. The largest absolute Gasteiger partial charge is 0.255 e. The summed E-state index contributed by atoms with van der Waals surface area (Å²) in [6.45, 7) is 0. The lowest BCUT2D eigenvalue weighted by Gasteiger charge is -2.05. The average molecular weight is 90.1 g/mol. The molecule has 0 spiro atoms. The molecule has 38 valence electrons. The molecular weight excluding hydrogens is 80.0 g/mol. The lowest BCUT2D eigenvalue weighted by molar-refractivity contribution is -0.176. The molecule has 0 bridgehead atoms. The minimum atomic E-state index is 1.50. The molecule has 1 aliphatic rings. The van der Waals surface area contributed by atoms with Crippen LogP contribution in [0.3, 0.4) is 0 Å². The number of rotatable bonds is 0. The number of hydrogen-bond acceptors (Lipinski definition) is 2. The molecule has 0 atom stereocenters. The van der Waals surface area contributed by atoms with E-state index in [1.165, 1.54) is 25.7 Å². The van der Waals surface area contributed by atoms with E-state index in [0.29, 0.717) is 0 Å². The summed E-state index contributed by atoms with van der Waals surface area (Å²) >= 11 is 0. The molecule has 0 unspecified atom stereocenters. The SMILES string of the molecule is C1CCC1.OO. The first kappa shape index (κ1) is 5.92. The van der Waals surface area contributed by atoms with Crippen LogP contribution >= 0.6 is 0 Å². The molecule has 6 heavy (non-hydrogen) atoms. The van der Waals surface area contributed by atoms with Crippen molar-refractivity contribution in [3.05, 3.63) is 0 Å². The molecule has 0 aromatic rings. The fraction of sp³-hybridized carbons (Fsp3) is 1.00. The number of hydrogen-bond donors (Lipinski definition) is 2. The molecule has 0 heterocycles. The Morgan fingerprint density at radius 1 is 0.667 bits per heavy atom. The highest BCUT2D eigenvalue weighted by molar-refractivity contribution is 4.50. The molecule has 2 heteroatoms.